The topological polar surface area (TPSA) is 59.0 Å². The maximum Gasteiger partial charge on any atom is 0.273 e. The molecule has 2 aromatic rings. The third-order valence-corrected chi connectivity index (χ3v) is 3.67. The molecule has 0 radical (unpaired) electrons. The molecule has 1 unspecified atom stereocenters. The molecule has 0 spiro atoms. The lowest BCUT2D eigenvalue weighted by Gasteiger charge is -2.24. The SMILES string of the molecule is Cc1cccnc1C(=O)N1CCCC1c1ccncn1. The molecule has 102 valence electrons. The molecule has 2 aromatic heterocycles. The van der Waals surface area contributed by atoms with Crippen LogP contribution >= 0.6 is 0 Å². The molecule has 1 atom stereocenters. The lowest BCUT2D eigenvalue weighted by molar-refractivity contribution is 0.0726. The van der Waals surface area contributed by atoms with E-state index >= 15 is 0 Å². The molecule has 0 aromatic carbocycles. The summed E-state index contributed by atoms with van der Waals surface area (Å²) in [5, 5.41) is 0. The predicted molar refractivity (Wildman–Crippen MR) is 74.0 cm³/mol. The number of carbonyl (C=O) groups is 1. The number of aromatic nitrogens is 3. The summed E-state index contributed by atoms with van der Waals surface area (Å²) in [5.41, 5.74) is 2.35. The average Bonchev–Trinajstić information content (AvgIpc) is 2.97. The van der Waals surface area contributed by atoms with E-state index < -0.39 is 0 Å². The first-order valence-electron chi connectivity index (χ1n) is 6.76. The van der Waals surface area contributed by atoms with Gasteiger partial charge in [0.2, 0.25) is 0 Å². The minimum absolute atomic E-state index is 0.00999. The number of carbonyl (C=O) groups excluding carboxylic acids is 1. The van der Waals surface area contributed by atoms with Crippen molar-refractivity contribution in [2.75, 3.05) is 6.54 Å². The zero-order valence-electron chi connectivity index (χ0n) is 11.4. The Bertz CT molecular complexity index is 614. The Morgan fingerprint density at radius 2 is 2.20 bits per heavy atom. The highest BCUT2D eigenvalue weighted by Gasteiger charge is 2.32. The van der Waals surface area contributed by atoms with E-state index in [1.54, 1.807) is 12.4 Å². The van der Waals surface area contributed by atoms with Crippen molar-refractivity contribution in [1.29, 1.82) is 0 Å². The molecule has 1 fully saturated rings. The first kappa shape index (κ1) is 12.7. The van der Waals surface area contributed by atoms with Gasteiger partial charge >= 0.3 is 0 Å². The molecule has 1 amide bonds. The van der Waals surface area contributed by atoms with Crippen molar-refractivity contribution in [2.45, 2.75) is 25.8 Å². The van der Waals surface area contributed by atoms with Crippen LogP contribution in [0.25, 0.3) is 0 Å². The van der Waals surface area contributed by atoms with Crippen molar-refractivity contribution < 1.29 is 4.79 Å². The number of nitrogens with zero attached hydrogens (tertiary/aromatic N) is 4. The number of aryl methyl sites for hydroxylation is 1. The Morgan fingerprint density at radius 3 is 2.95 bits per heavy atom. The molecule has 0 aliphatic carbocycles. The van der Waals surface area contributed by atoms with E-state index in [1.165, 1.54) is 6.33 Å². The average molecular weight is 268 g/mol. The van der Waals surface area contributed by atoms with Crippen LogP contribution in [0.2, 0.25) is 0 Å². The maximum absolute atomic E-state index is 12.7. The highest BCUT2D eigenvalue weighted by atomic mass is 16.2. The number of amides is 1. The zero-order valence-corrected chi connectivity index (χ0v) is 11.4. The molecule has 3 heterocycles. The third-order valence-electron chi connectivity index (χ3n) is 3.67. The number of rotatable bonds is 2. The molecule has 3 rings (SSSR count). The van der Waals surface area contributed by atoms with Crippen LogP contribution in [0.3, 0.4) is 0 Å². The van der Waals surface area contributed by atoms with Gasteiger partial charge in [-0.1, -0.05) is 6.07 Å². The molecule has 20 heavy (non-hydrogen) atoms. The fourth-order valence-electron chi connectivity index (χ4n) is 2.66. The molecule has 0 saturated carbocycles. The van der Waals surface area contributed by atoms with E-state index in [9.17, 15) is 4.79 Å². The molecule has 5 heteroatoms. The number of hydrogen-bond acceptors (Lipinski definition) is 4. The lowest BCUT2D eigenvalue weighted by atomic mass is 10.1. The fraction of sp³-hybridized carbons (Fsp3) is 0.333. The zero-order chi connectivity index (χ0) is 13.9. The minimum Gasteiger partial charge on any atom is -0.329 e. The summed E-state index contributed by atoms with van der Waals surface area (Å²) in [4.78, 5) is 27.0. The van der Waals surface area contributed by atoms with Gasteiger partial charge < -0.3 is 4.90 Å². The highest BCUT2D eigenvalue weighted by molar-refractivity contribution is 5.94. The van der Waals surface area contributed by atoms with E-state index in [-0.39, 0.29) is 11.9 Å². The summed E-state index contributed by atoms with van der Waals surface area (Å²) in [6.07, 6.45) is 6.84. The largest absolute Gasteiger partial charge is 0.329 e. The summed E-state index contributed by atoms with van der Waals surface area (Å²) in [6.45, 7) is 2.67. The van der Waals surface area contributed by atoms with Gasteiger partial charge in [-0.05, 0) is 37.5 Å². The maximum atomic E-state index is 12.7. The van der Waals surface area contributed by atoms with Gasteiger partial charge in [-0.2, -0.15) is 0 Å². The summed E-state index contributed by atoms with van der Waals surface area (Å²) in [5.74, 6) is -0.00999. The van der Waals surface area contributed by atoms with Crippen LogP contribution < -0.4 is 0 Å². The van der Waals surface area contributed by atoms with Crippen molar-refractivity contribution in [1.82, 2.24) is 19.9 Å². The van der Waals surface area contributed by atoms with Crippen LogP contribution in [-0.4, -0.2) is 32.3 Å². The number of pyridine rings is 1. The number of hydrogen-bond donors (Lipinski definition) is 0. The normalized spacial score (nSPS) is 18.2. The lowest BCUT2D eigenvalue weighted by Crippen LogP contribution is -2.32. The molecule has 0 N–H and O–H groups in total. The summed E-state index contributed by atoms with van der Waals surface area (Å²) in [6, 6.07) is 5.67. The van der Waals surface area contributed by atoms with Gasteiger partial charge in [-0.3, -0.25) is 9.78 Å². The quantitative estimate of drug-likeness (QED) is 0.837. The molecule has 1 saturated heterocycles. The summed E-state index contributed by atoms with van der Waals surface area (Å²) in [7, 11) is 0. The predicted octanol–water partition coefficient (Wildman–Crippen LogP) is 2.16. The van der Waals surface area contributed by atoms with Gasteiger partial charge in [-0.15, -0.1) is 0 Å². The molecule has 5 nitrogen and oxygen atoms in total. The van der Waals surface area contributed by atoms with Crippen LogP contribution in [0.5, 0.6) is 0 Å². The summed E-state index contributed by atoms with van der Waals surface area (Å²) < 4.78 is 0. The van der Waals surface area contributed by atoms with Gasteiger partial charge in [0, 0.05) is 18.9 Å². The standard InChI is InChI=1S/C15H16N4O/c1-11-4-2-7-17-14(11)15(20)19-9-3-5-13(19)12-6-8-16-10-18-12/h2,4,6-8,10,13H,3,5,9H2,1H3. The van der Waals surface area contributed by atoms with Crippen molar-refractivity contribution in [3.63, 3.8) is 0 Å². The molecule has 1 aliphatic heterocycles. The second-order valence-corrected chi connectivity index (χ2v) is 4.96. The van der Waals surface area contributed by atoms with E-state index in [2.05, 4.69) is 15.0 Å². The Hall–Kier alpha value is -2.30. The smallest absolute Gasteiger partial charge is 0.273 e. The second-order valence-electron chi connectivity index (χ2n) is 4.96. The van der Waals surface area contributed by atoms with E-state index in [4.69, 9.17) is 0 Å². The Kier molecular flexibility index (Phi) is 3.41. The van der Waals surface area contributed by atoms with E-state index in [1.807, 2.05) is 30.0 Å². The summed E-state index contributed by atoms with van der Waals surface area (Å²) >= 11 is 0. The van der Waals surface area contributed by atoms with Crippen LogP contribution in [0.1, 0.15) is 40.6 Å². The Labute approximate surface area is 117 Å². The van der Waals surface area contributed by atoms with Crippen LogP contribution in [0, 0.1) is 6.92 Å². The van der Waals surface area contributed by atoms with Gasteiger partial charge in [0.15, 0.2) is 0 Å². The monoisotopic (exact) mass is 268 g/mol. The van der Waals surface area contributed by atoms with Crippen LogP contribution in [0.4, 0.5) is 0 Å². The van der Waals surface area contributed by atoms with Crippen molar-refractivity contribution in [2.24, 2.45) is 0 Å². The molecule has 1 aliphatic rings. The molecular formula is C15H16N4O. The van der Waals surface area contributed by atoms with E-state index in [0.717, 1.165) is 30.6 Å². The van der Waals surface area contributed by atoms with Crippen molar-refractivity contribution >= 4 is 5.91 Å². The van der Waals surface area contributed by atoms with Gasteiger partial charge in [0.1, 0.15) is 12.0 Å². The van der Waals surface area contributed by atoms with E-state index in [0.29, 0.717) is 5.69 Å². The van der Waals surface area contributed by atoms with Gasteiger partial charge in [0.25, 0.3) is 5.91 Å². The first-order chi connectivity index (χ1) is 9.77. The van der Waals surface area contributed by atoms with Crippen molar-refractivity contribution in [3.05, 3.63) is 53.9 Å². The minimum atomic E-state index is -0.00999. The van der Waals surface area contributed by atoms with Crippen molar-refractivity contribution in [3.8, 4) is 0 Å². The van der Waals surface area contributed by atoms with Gasteiger partial charge in [-0.25, -0.2) is 9.97 Å². The highest BCUT2D eigenvalue weighted by Crippen LogP contribution is 2.31. The second kappa shape index (κ2) is 5.36. The molecule has 0 bridgehead atoms. The number of likely N-dealkylation sites (tertiary alicyclic amines) is 1. The van der Waals surface area contributed by atoms with Crippen LogP contribution in [-0.2, 0) is 0 Å². The first-order valence-corrected chi connectivity index (χ1v) is 6.76. The third kappa shape index (κ3) is 2.27. The van der Waals surface area contributed by atoms with Crippen LogP contribution in [0.15, 0.2) is 36.9 Å². The fourth-order valence-corrected chi connectivity index (χ4v) is 2.66. The Balaban J connectivity index is 1.90. The van der Waals surface area contributed by atoms with Gasteiger partial charge in [0.05, 0.1) is 11.7 Å². The Morgan fingerprint density at radius 1 is 1.30 bits per heavy atom. The molecular weight excluding hydrogens is 252 g/mol.